The van der Waals surface area contributed by atoms with Gasteiger partial charge in [-0.15, -0.1) is 0 Å². The lowest BCUT2D eigenvalue weighted by atomic mass is 10.0. The molecule has 3 heteroatoms. The van der Waals surface area contributed by atoms with E-state index in [4.69, 9.17) is 0 Å². The van der Waals surface area contributed by atoms with Gasteiger partial charge in [-0.25, -0.2) is 0 Å². The standard InChI is InChI=1S/C24H43N3/c1-8-10-14-20(5)21(6)25-17-12-11-15-23(19(3)4)26-22(7)24-16-13-18-27(24)9-2/h9,20,23-26H,2-3,6-8,10-18H2,1,4-5H3. The predicted molar refractivity (Wildman–Crippen MR) is 120 cm³/mol. The van der Waals surface area contributed by atoms with Gasteiger partial charge in [0.15, 0.2) is 0 Å². The largest absolute Gasteiger partial charge is 0.389 e. The molecule has 1 aliphatic heterocycles. The Morgan fingerprint density at radius 3 is 2.56 bits per heavy atom. The molecular weight excluding hydrogens is 330 g/mol. The number of allylic oxidation sites excluding steroid dienone is 1. The van der Waals surface area contributed by atoms with Gasteiger partial charge in [-0.1, -0.05) is 58.6 Å². The fraction of sp³-hybridized carbons (Fsp3) is 0.667. The number of hydrogen-bond acceptors (Lipinski definition) is 3. The Balaban J connectivity index is 2.31. The molecular formula is C24H43N3. The minimum Gasteiger partial charge on any atom is -0.389 e. The maximum Gasteiger partial charge on any atom is 0.0677 e. The van der Waals surface area contributed by atoms with Crippen molar-refractivity contribution in [2.75, 3.05) is 13.1 Å². The van der Waals surface area contributed by atoms with Crippen LogP contribution in [-0.4, -0.2) is 30.1 Å². The second-order valence-electron chi connectivity index (χ2n) is 8.14. The summed E-state index contributed by atoms with van der Waals surface area (Å²) in [4.78, 5) is 2.29. The molecule has 0 amide bonds. The molecule has 2 N–H and O–H groups in total. The first kappa shape index (κ1) is 23.4. The second kappa shape index (κ2) is 12.7. The van der Waals surface area contributed by atoms with Crippen LogP contribution < -0.4 is 10.6 Å². The van der Waals surface area contributed by atoms with Gasteiger partial charge in [0.05, 0.1) is 6.04 Å². The van der Waals surface area contributed by atoms with E-state index < -0.39 is 0 Å². The molecule has 1 fully saturated rings. The van der Waals surface area contributed by atoms with Crippen molar-refractivity contribution in [1.29, 1.82) is 0 Å². The Bertz CT molecular complexity index is 494. The summed E-state index contributed by atoms with van der Waals surface area (Å²) >= 11 is 0. The first-order chi connectivity index (χ1) is 12.9. The molecule has 0 aromatic carbocycles. The Morgan fingerprint density at radius 1 is 1.19 bits per heavy atom. The smallest absolute Gasteiger partial charge is 0.0677 e. The van der Waals surface area contributed by atoms with E-state index in [-0.39, 0.29) is 0 Å². The van der Waals surface area contributed by atoms with E-state index in [0.717, 1.165) is 44.5 Å². The number of likely N-dealkylation sites (tertiary alicyclic amines) is 1. The fourth-order valence-corrected chi connectivity index (χ4v) is 3.72. The van der Waals surface area contributed by atoms with Gasteiger partial charge >= 0.3 is 0 Å². The van der Waals surface area contributed by atoms with Crippen molar-refractivity contribution < 1.29 is 0 Å². The lowest BCUT2D eigenvalue weighted by molar-refractivity contribution is 0.367. The van der Waals surface area contributed by atoms with Crippen molar-refractivity contribution in [2.45, 2.75) is 84.2 Å². The first-order valence-corrected chi connectivity index (χ1v) is 10.8. The summed E-state index contributed by atoms with van der Waals surface area (Å²) in [5.74, 6) is 0.567. The summed E-state index contributed by atoms with van der Waals surface area (Å²) in [5, 5.41) is 7.16. The number of hydrogen-bond donors (Lipinski definition) is 2. The molecule has 0 aliphatic carbocycles. The Kier molecular flexibility index (Phi) is 11.0. The molecule has 0 aromatic heterocycles. The van der Waals surface area contributed by atoms with Gasteiger partial charge in [-0.05, 0) is 57.6 Å². The van der Waals surface area contributed by atoms with E-state index >= 15 is 0 Å². The highest BCUT2D eigenvalue weighted by Crippen LogP contribution is 2.23. The van der Waals surface area contributed by atoms with E-state index in [2.05, 4.69) is 62.6 Å². The van der Waals surface area contributed by atoms with E-state index in [1.807, 2.05) is 6.20 Å². The molecule has 154 valence electrons. The van der Waals surface area contributed by atoms with Crippen molar-refractivity contribution in [1.82, 2.24) is 15.5 Å². The summed E-state index contributed by atoms with van der Waals surface area (Å²) in [5.41, 5.74) is 3.48. The van der Waals surface area contributed by atoms with Crippen LogP contribution in [0.4, 0.5) is 0 Å². The highest BCUT2D eigenvalue weighted by atomic mass is 15.2. The molecule has 1 aliphatic rings. The third-order valence-corrected chi connectivity index (χ3v) is 5.74. The predicted octanol–water partition coefficient (Wildman–Crippen LogP) is 5.74. The Labute approximate surface area is 168 Å². The minimum absolute atomic E-state index is 0.302. The zero-order valence-corrected chi connectivity index (χ0v) is 18.2. The van der Waals surface area contributed by atoms with Crippen molar-refractivity contribution in [3.63, 3.8) is 0 Å². The van der Waals surface area contributed by atoms with E-state index in [1.54, 1.807) is 0 Å². The maximum atomic E-state index is 4.30. The normalized spacial score (nSPS) is 18.6. The van der Waals surface area contributed by atoms with Crippen LogP contribution in [0.15, 0.2) is 49.5 Å². The van der Waals surface area contributed by atoms with E-state index in [0.29, 0.717) is 18.0 Å². The van der Waals surface area contributed by atoms with Crippen LogP contribution in [0.2, 0.25) is 0 Å². The molecule has 1 heterocycles. The molecule has 1 rings (SSSR count). The molecule has 0 spiro atoms. The Morgan fingerprint density at radius 2 is 1.93 bits per heavy atom. The number of rotatable bonds is 15. The second-order valence-corrected chi connectivity index (χ2v) is 8.14. The summed E-state index contributed by atoms with van der Waals surface area (Å²) in [6, 6.07) is 0.676. The van der Waals surface area contributed by atoms with Crippen LogP contribution in [0.5, 0.6) is 0 Å². The molecule has 0 radical (unpaired) electrons. The molecule has 0 bridgehead atoms. The Hall–Kier alpha value is -1.64. The molecule has 0 saturated carbocycles. The fourth-order valence-electron chi connectivity index (χ4n) is 3.72. The van der Waals surface area contributed by atoms with Crippen LogP contribution in [0, 0.1) is 5.92 Å². The molecule has 1 saturated heterocycles. The topological polar surface area (TPSA) is 27.3 Å². The third-order valence-electron chi connectivity index (χ3n) is 5.74. The van der Waals surface area contributed by atoms with E-state index in [9.17, 15) is 0 Å². The summed E-state index contributed by atoms with van der Waals surface area (Å²) in [7, 11) is 0. The van der Waals surface area contributed by atoms with Gasteiger partial charge in [0.25, 0.3) is 0 Å². The van der Waals surface area contributed by atoms with Gasteiger partial charge < -0.3 is 15.5 Å². The van der Waals surface area contributed by atoms with Gasteiger partial charge in [-0.3, -0.25) is 0 Å². The van der Waals surface area contributed by atoms with Crippen LogP contribution in [0.3, 0.4) is 0 Å². The van der Waals surface area contributed by atoms with Crippen LogP contribution in [0.25, 0.3) is 0 Å². The van der Waals surface area contributed by atoms with Gasteiger partial charge in [0.2, 0.25) is 0 Å². The molecule has 27 heavy (non-hydrogen) atoms. The van der Waals surface area contributed by atoms with Crippen molar-refractivity contribution in [3.8, 4) is 0 Å². The highest BCUT2D eigenvalue weighted by molar-refractivity contribution is 5.14. The van der Waals surface area contributed by atoms with Crippen molar-refractivity contribution in [3.05, 3.63) is 49.5 Å². The van der Waals surface area contributed by atoms with Gasteiger partial charge in [-0.2, -0.15) is 0 Å². The average Bonchev–Trinajstić information content (AvgIpc) is 3.13. The maximum absolute atomic E-state index is 4.30. The number of nitrogens with one attached hydrogen (secondary N) is 2. The lowest BCUT2D eigenvalue weighted by Crippen LogP contribution is -2.38. The summed E-state index contributed by atoms with van der Waals surface area (Å²) < 4.78 is 0. The summed E-state index contributed by atoms with van der Waals surface area (Å²) in [6.45, 7) is 25.3. The van der Waals surface area contributed by atoms with Crippen LogP contribution in [0.1, 0.15) is 72.1 Å². The van der Waals surface area contributed by atoms with Crippen molar-refractivity contribution in [2.24, 2.45) is 5.92 Å². The molecule has 0 aromatic rings. The van der Waals surface area contributed by atoms with Crippen molar-refractivity contribution >= 4 is 0 Å². The molecule has 3 atom stereocenters. The minimum atomic E-state index is 0.302. The SMILES string of the molecule is C=CN1CCCC1C(=C)NC(CCCCNC(=C)C(C)CCCC)C(=C)C. The van der Waals surface area contributed by atoms with Crippen LogP contribution in [-0.2, 0) is 0 Å². The quantitative estimate of drug-likeness (QED) is 0.283. The zero-order chi connectivity index (χ0) is 20.2. The first-order valence-electron chi connectivity index (χ1n) is 10.8. The lowest BCUT2D eigenvalue weighted by Gasteiger charge is -2.29. The van der Waals surface area contributed by atoms with Gasteiger partial charge in [0, 0.05) is 30.5 Å². The van der Waals surface area contributed by atoms with E-state index in [1.165, 1.54) is 37.0 Å². The zero-order valence-electron chi connectivity index (χ0n) is 18.2. The highest BCUT2D eigenvalue weighted by Gasteiger charge is 2.25. The summed E-state index contributed by atoms with van der Waals surface area (Å²) in [6.07, 6.45) is 11.5. The molecule has 3 unspecified atom stereocenters. The molecule has 3 nitrogen and oxygen atoms in total. The van der Waals surface area contributed by atoms with Crippen LogP contribution >= 0.6 is 0 Å². The third kappa shape index (κ3) is 8.28. The number of unbranched alkanes of at least 4 members (excludes halogenated alkanes) is 2. The monoisotopic (exact) mass is 373 g/mol. The number of nitrogens with zero attached hydrogens (tertiary/aromatic N) is 1. The average molecular weight is 374 g/mol. The van der Waals surface area contributed by atoms with Gasteiger partial charge in [0.1, 0.15) is 0 Å².